The minimum atomic E-state index is -5.16. The molecule has 0 aliphatic heterocycles. The number of pyridine rings is 1. The number of nitrogens with zero attached hydrogens (tertiary/aromatic N) is 1. The van der Waals surface area contributed by atoms with Crippen LogP contribution in [0.5, 0.6) is 5.75 Å². The first-order valence-electron chi connectivity index (χ1n) is 13.1. The van der Waals surface area contributed by atoms with E-state index in [0.717, 1.165) is 70.9 Å². The molecule has 1 N–H and O–H groups in total. The van der Waals surface area contributed by atoms with Crippen molar-refractivity contribution < 1.29 is 16.5 Å². The third kappa shape index (κ3) is 5.15. The van der Waals surface area contributed by atoms with Gasteiger partial charge in [-0.05, 0) is 72.4 Å². The summed E-state index contributed by atoms with van der Waals surface area (Å²) in [5.74, 6) is 2.54. The lowest BCUT2D eigenvalue weighted by atomic mass is 9.93. The zero-order valence-corrected chi connectivity index (χ0v) is 22.7. The summed E-state index contributed by atoms with van der Waals surface area (Å²) in [5.41, 5.74) is 5.45. The molecular formula is C31H29FN2O4S. The maximum atomic E-state index is 14.0. The van der Waals surface area contributed by atoms with E-state index in [1.165, 1.54) is 12.1 Å². The van der Waals surface area contributed by atoms with E-state index in [0.29, 0.717) is 22.9 Å². The van der Waals surface area contributed by atoms with Crippen molar-refractivity contribution in [1.82, 2.24) is 9.55 Å². The van der Waals surface area contributed by atoms with E-state index < -0.39 is 10.5 Å². The predicted molar refractivity (Wildman–Crippen MR) is 155 cm³/mol. The van der Waals surface area contributed by atoms with Crippen LogP contribution in [0, 0.1) is 12.3 Å². The van der Waals surface area contributed by atoms with Crippen LogP contribution >= 0.6 is 0 Å². The van der Waals surface area contributed by atoms with Crippen LogP contribution < -0.4 is 9.61 Å². The van der Waals surface area contributed by atoms with E-state index >= 15 is 0 Å². The molecule has 2 aromatic heterocycles. The van der Waals surface area contributed by atoms with Gasteiger partial charge in [-0.3, -0.25) is 4.79 Å². The summed E-state index contributed by atoms with van der Waals surface area (Å²) in [6.45, 7) is 4.90. The van der Waals surface area contributed by atoms with Gasteiger partial charge < -0.3 is 13.7 Å². The maximum Gasteiger partial charge on any atom is 0.488 e. The zero-order valence-electron chi connectivity index (χ0n) is 21.9. The van der Waals surface area contributed by atoms with Gasteiger partial charge in [-0.2, -0.15) is 8.42 Å². The Morgan fingerprint density at radius 2 is 1.82 bits per heavy atom. The molecule has 8 heteroatoms. The number of H-pyrrole nitrogens is 1. The Kier molecular flexibility index (Phi) is 7.19. The summed E-state index contributed by atoms with van der Waals surface area (Å²) < 4.78 is 42.1. The molecule has 0 amide bonds. The fraction of sp³-hybridized carbons (Fsp3) is 0.258. The van der Waals surface area contributed by atoms with Crippen LogP contribution in [0.4, 0.5) is 3.89 Å². The second-order valence-corrected chi connectivity index (χ2v) is 10.7. The number of hydrogen-bond acceptors (Lipinski definition) is 4. The van der Waals surface area contributed by atoms with E-state index in [4.69, 9.17) is 6.42 Å². The molecule has 6 nitrogen and oxygen atoms in total. The number of aryl methyl sites for hydroxylation is 2. The highest BCUT2D eigenvalue weighted by Gasteiger charge is 2.19. The Hall–Kier alpha value is -4.09. The second-order valence-electron chi connectivity index (χ2n) is 9.72. The van der Waals surface area contributed by atoms with E-state index in [2.05, 4.69) is 33.5 Å². The summed E-state index contributed by atoms with van der Waals surface area (Å²) >= 11 is 0. The third-order valence-corrected chi connectivity index (χ3v) is 7.47. The van der Waals surface area contributed by atoms with Crippen LogP contribution in [-0.2, 0) is 23.5 Å². The van der Waals surface area contributed by atoms with Crippen LogP contribution in [0.2, 0.25) is 0 Å². The Morgan fingerprint density at radius 3 is 2.54 bits per heavy atom. The molecule has 0 radical (unpaired) electrons. The van der Waals surface area contributed by atoms with Gasteiger partial charge in [-0.1, -0.05) is 54.7 Å². The molecule has 0 saturated heterocycles. The van der Waals surface area contributed by atoms with Gasteiger partial charge in [0.2, 0.25) is 0 Å². The highest BCUT2D eigenvalue weighted by atomic mass is 32.3. The van der Waals surface area contributed by atoms with E-state index in [1.54, 1.807) is 6.07 Å². The predicted octanol–water partition coefficient (Wildman–Crippen LogP) is 7.02. The van der Waals surface area contributed by atoms with Gasteiger partial charge in [0.25, 0.3) is 0 Å². The van der Waals surface area contributed by atoms with Crippen molar-refractivity contribution in [2.24, 2.45) is 0 Å². The first kappa shape index (κ1) is 26.5. The Labute approximate surface area is 226 Å². The van der Waals surface area contributed by atoms with Gasteiger partial charge in [0.15, 0.2) is 5.43 Å². The molecule has 5 rings (SSSR count). The van der Waals surface area contributed by atoms with Crippen LogP contribution in [0.1, 0.15) is 50.7 Å². The number of aromatic amines is 1. The van der Waals surface area contributed by atoms with Crippen molar-refractivity contribution in [3.05, 3.63) is 75.9 Å². The van der Waals surface area contributed by atoms with Crippen LogP contribution in [0.3, 0.4) is 0 Å². The molecule has 0 saturated carbocycles. The van der Waals surface area contributed by atoms with Gasteiger partial charge in [0, 0.05) is 28.4 Å². The number of nitrogens with one attached hydrogen (secondary N) is 1. The third-order valence-electron chi connectivity index (χ3n) is 7.08. The van der Waals surface area contributed by atoms with E-state index in [1.807, 2.05) is 36.4 Å². The Balaban J connectivity index is 1.85. The minimum Gasteiger partial charge on any atom is -0.358 e. The average molecular weight is 545 g/mol. The molecule has 0 bridgehead atoms. The number of unbranched alkanes of at least 4 members (excludes halogenated alkanes) is 2. The standard InChI is InChI=1S/C31H29FN2O4S/c1-4-7-10-22-18-26-28(19-25(22)21-11-9-12-23(17-21)38-39(32,36)37)34(15-8-5-2)31-29(30(26)35)24-14-13-20(6-3)16-27(24)33-31/h3,9,11-14,16-19,33H,4-5,7-8,10,15H2,1-2H3. The number of terminal acetylenes is 1. The molecule has 0 aliphatic rings. The number of benzene rings is 3. The molecule has 0 aliphatic carbocycles. The molecule has 0 atom stereocenters. The van der Waals surface area contributed by atoms with Crippen LogP contribution in [0.15, 0.2) is 59.4 Å². The van der Waals surface area contributed by atoms with E-state index in [-0.39, 0.29) is 11.2 Å². The first-order chi connectivity index (χ1) is 18.7. The fourth-order valence-corrected chi connectivity index (χ4v) is 5.55. The number of rotatable bonds is 9. The molecule has 5 aromatic rings. The summed E-state index contributed by atoms with van der Waals surface area (Å²) in [7, 11) is -5.16. The lowest BCUT2D eigenvalue weighted by Gasteiger charge is -2.17. The van der Waals surface area contributed by atoms with Gasteiger partial charge in [0.1, 0.15) is 11.4 Å². The molecule has 3 aromatic carbocycles. The largest absolute Gasteiger partial charge is 0.488 e. The number of hydrogen-bond donors (Lipinski definition) is 1. The smallest absolute Gasteiger partial charge is 0.358 e. The van der Waals surface area contributed by atoms with Crippen molar-refractivity contribution in [2.75, 3.05) is 0 Å². The minimum absolute atomic E-state index is 0.0580. The quantitative estimate of drug-likeness (QED) is 0.160. The molecular weight excluding hydrogens is 515 g/mol. The van der Waals surface area contributed by atoms with Crippen LogP contribution in [-0.4, -0.2) is 18.0 Å². The molecule has 200 valence electrons. The summed E-state index contributed by atoms with van der Waals surface area (Å²) in [6.07, 6.45) is 10.1. The van der Waals surface area contributed by atoms with Crippen molar-refractivity contribution in [3.63, 3.8) is 0 Å². The normalized spacial score (nSPS) is 11.8. The average Bonchev–Trinajstić information content (AvgIpc) is 3.29. The number of halogens is 1. The Morgan fingerprint density at radius 1 is 1.03 bits per heavy atom. The van der Waals surface area contributed by atoms with Gasteiger partial charge in [-0.25, -0.2) is 0 Å². The van der Waals surface area contributed by atoms with Gasteiger partial charge in [0.05, 0.1) is 10.9 Å². The first-order valence-corrected chi connectivity index (χ1v) is 14.4. The van der Waals surface area contributed by atoms with Gasteiger partial charge >= 0.3 is 10.5 Å². The molecule has 0 fully saturated rings. The maximum absolute atomic E-state index is 14.0. The van der Waals surface area contributed by atoms with Crippen molar-refractivity contribution in [3.8, 4) is 29.2 Å². The lowest BCUT2D eigenvalue weighted by Crippen LogP contribution is -2.12. The fourth-order valence-electron chi connectivity index (χ4n) is 5.22. The molecule has 39 heavy (non-hydrogen) atoms. The monoisotopic (exact) mass is 544 g/mol. The summed E-state index contributed by atoms with van der Waals surface area (Å²) in [4.78, 5) is 17.5. The second kappa shape index (κ2) is 10.6. The molecule has 0 spiro atoms. The summed E-state index contributed by atoms with van der Waals surface area (Å²) in [5, 5.41) is 2.08. The van der Waals surface area contributed by atoms with E-state index in [9.17, 15) is 17.1 Å². The van der Waals surface area contributed by atoms with Crippen molar-refractivity contribution >= 4 is 43.3 Å². The Bertz CT molecular complexity index is 1930. The SMILES string of the molecule is C#Cc1ccc2c(c1)[nH]c1c2c(=O)c2cc(CCCC)c(-c3cccc(OS(=O)(=O)F)c3)cc2n1CCCC. The van der Waals surface area contributed by atoms with Gasteiger partial charge in [-0.15, -0.1) is 6.42 Å². The zero-order chi connectivity index (χ0) is 27.7. The van der Waals surface area contributed by atoms with Crippen molar-refractivity contribution in [1.29, 1.82) is 0 Å². The van der Waals surface area contributed by atoms with Crippen molar-refractivity contribution in [2.45, 2.75) is 52.5 Å². The summed E-state index contributed by atoms with van der Waals surface area (Å²) in [6, 6.07) is 15.9. The molecule has 2 heterocycles. The molecule has 0 unspecified atom stereocenters. The highest BCUT2D eigenvalue weighted by Crippen LogP contribution is 2.34. The van der Waals surface area contributed by atoms with Crippen LogP contribution in [0.25, 0.3) is 44.0 Å². The highest BCUT2D eigenvalue weighted by molar-refractivity contribution is 7.81. The number of aromatic nitrogens is 2. The lowest BCUT2D eigenvalue weighted by molar-refractivity contribution is 0.440. The topological polar surface area (TPSA) is 81.2 Å². The number of fused-ring (bicyclic) bond motifs is 4.